The number of nitrogens with one attached hydrogen (secondary N) is 1. The molecule has 3 N–H and O–H groups in total. The van der Waals surface area contributed by atoms with Crippen LogP contribution in [0.25, 0.3) is 10.9 Å². The highest BCUT2D eigenvalue weighted by Gasteiger charge is 2.48. The quantitative estimate of drug-likeness (QED) is 0.853. The standard InChI is InChI=1S/C13H14F2N2O2.ClH/c1-2-19-12(18)13(14,15)11(16)9-7-17-10-6-4-3-5-8(9)10;/h3-7,11,17H,2,16H2,1H3;1H/t11-;/m1./s1. The van der Waals surface area contributed by atoms with Crippen LogP contribution in [0, 0.1) is 0 Å². The molecule has 0 saturated heterocycles. The van der Waals surface area contributed by atoms with Gasteiger partial charge in [-0.1, -0.05) is 18.2 Å². The first-order chi connectivity index (χ1) is 8.98. The number of carbonyl (C=O) groups is 1. The molecule has 2 aromatic rings. The highest BCUT2D eigenvalue weighted by atomic mass is 35.5. The molecule has 1 atom stereocenters. The molecule has 0 aliphatic rings. The van der Waals surface area contributed by atoms with Crippen LogP contribution in [0.5, 0.6) is 0 Å². The van der Waals surface area contributed by atoms with Gasteiger partial charge < -0.3 is 15.5 Å². The summed E-state index contributed by atoms with van der Waals surface area (Å²) in [6.07, 6.45) is 1.39. The van der Waals surface area contributed by atoms with Gasteiger partial charge in [-0.3, -0.25) is 0 Å². The molecule has 0 amide bonds. The van der Waals surface area contributed by atoms with Gasteiger partial charge in [0.2, 0.25) is 0 Å². The monoisotopic (exact) mass is 304 g/mol. The zero-order valence-corrected chi connectivity index (χ0v) is 11.5. The molecule has 0 radical (unpaired) electrons. The summed E-state index contributed by atoms with van der Waals surface area (Å²) in [6.45, 7) is 1.35. The number of para-hydroxylation sites is 1. The van der Waals surface area contributed by atoms with Crippen molar-refractivity contribution in [3.8, 4) is 0 Å². The third-order valence-electron chi connectivity index (χ3n) is 2.89. The van der Waals surface area contributed by atoms with E-state index in [2.05, 4.69) is 9.72 Å². The van der Waals surface area contributed by atoms with E-state index in [0.29, 0.717) is 10.9 Å². The molecular formula is C13H15ClF2N2O2. The number of halogens is 3. The van der Waals surface area contributed by atoms with Crippen molar-refractivity contribution < 1.29 is 18.3 Å². The van der Waals surface area contributed by atoms with Crippen molar-refractivity contribution in [3.63, 3.8) is 0 Å². The van der Waals surface area contributed by atoms with Gasteiger partial charge in [-0.2, -0.15) is 8.78 Å². The summed E-state index contributed by atoms with van der Waals surface area (Å²) in [7, 11) is 0. The van der Waals surface area contributed by atoms with Crippen LogP contribution >= 0.6 is 12.4 Å². The highest BCUT2D eigenvalue weighted by Crippen LogP contribution is 2.34. The number of H-pyrrole nitrogens is 1. The molecule has 1 heterocycles. The van der Waals surface area contributed by atoms with Gasteiger partial charge in [0.1, 0.15) is 6.04 Å². The van der Waals surface area contributed by atoms with Crippen LogP contribution in [0.4, 0.5) is 8.78 Å². The molecule has 2 rings (SSSR count). The normalized spacial score (nSPS) is 12.8. The minimum Gasteiger partial charge on any atom is -0.462 e. The van der Waals surface area contributed by atoms with Crippen LogP contribution < -0.4 is 5.73 Å². The Bertz CT molecular complexity index is 601. The Morgan fingerprint density at radius 3 is 2.75 bits per heavy atom. The van der Waals surface area contributed by atoms with E-state index in [1.807, 2.05) is 0 Å². The van der Waals surface area contributed by atoms with E-state index in [4.69, 9.17) is 5.73 Å². The van der Waals surface area contributed by atoms with Gasteiger partial charge in [0.15, 0.2) is 0 Å². The first kappa shape index (κ1) is 16.4. The fourth-order valence-electron chi connectivity index (χ4n) is 1.90. The number of aromatic nitrogens is 1. The number of fused-ring (bicyclic) bond motifs is 1. The first-order valence-corrected chi connectivity index (χ1v) is 5.85. The van der Waals surface area contributed by atoms with Crippen molar-refractivity contribution in [2.75, 3.05) is 6.61 Å². The molecule has 0 unspecified atom stereocenters. The van der Waals surface area contributed by atoms with E-state index < -0.39 is 17.9 Å². The Hall–Kier alpha value is -1.66. The van der Waals surface area contributed by atoms with Crippen LogP contribution in [-0.4, -0.2) is 23.5 Å². The summed E-state index contributed by atoms with van der Waals surface area (Å²) in [5.41, 5.74) is 6.42. The average Bonchev–Trinajstić information content (AvgIpc) is 2.81. The Labute approximate surface area is 120 Å². The maximum atomic E-state index is 13.9. The van der Waals surface area contributed by atoms with Crippen molar-refractivity contribution in [2.45, 2.75) is 18.9 Å². The van der Waals surface area contributed by atoms with Crippen molar-refractivity contribution in [3.05, 3.63) is 36.0 Å². The lowest BCUT2D eigenvalue weighted by molar-refractivity contribution is -0.174. The molecule has 0 saturated carbocycles. The Kier molecular flexibility index (Phi) is 5.08. The molecule has 0 spiro atoms. The number of rotatable bonds is 4. The van der Waals surface area contributed by atoms with Crippen LogP contribution in [0.2, 0.25) is 0 Å². The smallest absolute Gasteiger partial charge is 0.379 e. The summed E-state index contributed by atoms with van der Waals surface area (Å²) in [5, 5.41) is 0.568. The second-order valence-corrected chi connectivity index (χ2v) is 4.11. The number of esters is 1. The van der Waals surface area contributed by atoms with E-state index in [9.17, 15) is 13.6 Å². The molecule has 0 aliphatic carbocycles. The maximum Gasteiger partial charge on any atom is 0.379 e. The van der Waals surface area contributed by atoms with Gasteiger partial charge in [-0.05, 0) is 13.0 Å². The minimum atomic E-state index is -3.76. The molecule has 4 nitrogen and oxygen atoms in total. The van der Waals surface area contributed by atoms with E-state index in [-0.39, 0.29) is 24.6 Å². The van der Waals surface area contributed by atoms with Crippen LogP contribution in [0.15, 0.2) is 30.5 Å². The van der Waals surface area contributed by atoms with Crippen LogP contribution in [-0.2, 0) is 9.53 Å². The predicted octanol–water partition coefficient (Wildman–Crippen LogP) is 2.79. The molecule has 0 bridgehead atoms. The molecule has 1 aromatic heterocycles. The lowest BCUT2D eigenvalue weighted by Gasteiger charge is -2.21. The molecule has 7 heteroatoms. The number of ether oxygens (including phenoxy) is 1. The Morgan fingerprint density at radius 2 is 2.10 bits per heavy atom. The Balaban J connectivity index is 0.00000200. The highest BCUT2D eigenvalue weighted by molar-refractivity contribution is 5.86. The zero-order chi connectivity index (χ0) is 14.0. The van der Waals surface area contributed by atoms with E-state index in [1.165, 1.54) is 13.1 Å². The number of nitrogens with two attached hydrogens (primary N) is 1. The predicted molar refractivity (Wildman–Crippen MR) is 74.1 cm³/mol. The van der Waals surface area contributed by atoms with E-state index in [0.717, 1.165) is 0 Å². The maximum absolute atomic E-state index is 13.9. The molecular weight excluding hydrogens is 290 g/mol. The third-order valence-corrected chi connectivity index (χ3v) is 2.89. The fourth-order valence-corrected chi connectivity index (χ4v) is 1.90. The third kappa shape index (κ3) is 2.76. The van der Waals surface area contributed by atoms with E-state index >= 15 is 0 Å². The summed E-state index contributed by atoms with van der Waals surface area (Å²) in [4.78, 5) is 14.1. The lowest BCUT2D eigenvalue weighted by atomic mass is 10.0. The lowest BCUT2D eigenvalue weighted by Crippen LogP contribution is -2.41. The second kappa shape index (κ2) is 6.19. The van der Waals surface area contributed by atoms with E-state index in [1.54, 1.807) is 24.3 Å². The molecule has 0 fully saturated rings. The largest absolute Gasteiger partial charge is 0.462 e. The van der Waals surface area contributed by atoms with Gasteiger partial charge in [-0.15, -0.1) is 12.4 Å². The SMILES string of the molecule is CCOC(=O)C(F)(F)[C@H](N)c1c[nH]c2ccccc12.Cl. The average molecular weight is 305 g/mol. The summed E-state index contributed by atoms with van der Waals surface area (Å²) < 4.78 is 32.1. The van der Waals surface area contributed by atoms with Gasteiger partial charge in [0, 0.05) is 22.7 Å². The number of aromatic amines is 1. The number of carbonyl (C=O) groups excluding carboxylic acids is 1. The molecule has 0 aliphatic heterocycles. The summed E-state index contributed by atoms with van der Waals surface area (Å²) >= 11 is 0. The minimum absolute atomic E-state index is 0. The molecule has 1 aromatic carbocycles. The van der Waals surface area contributed by atoms with Gasteiger partial charge in [0.25, 0.3) is 0 Å². The zero-order valence-electron chi connectivity index (χ0n) is 10.7. The van der Waals surface area contributed by atoms with Gasteiger partial charge >= 0.3 is 11.9 Å². The number of alkyl halides is 2. The van der Waals surface area contributed by atoms with Gasteiger partial charge in [-0.25, -0.2) is 4.79 Å². The van der Waals surface area contributed by atoms with Crippen molar-refractivity contribution in [1.29, 1.82) is 0 Å². The Morgan fingerprint density at radius 1 is 1.45 bits per heavy atom. The number of benzene rings is 1. The van der Waals surface area contributed by atoms with Crippen molar-refractivity contribution in [1.82, 2.24) is 4.98 Å². The van der Waals surface area contributed by atoms with Gasteiger partial charge in [0.05, 0.1) is 6.61 Å². The summed E-state index contributed by atoms with van der Waals surface area (Å²) in [6, 6.07) is 5.16. The second-order valence-electron chi connectivity index (χ2n) is 4.11. The van der Waals surface area contributed by atoms with Crippen molar-refractivity contribution in [2.24, 2.45) is 5.73 Å². The first-order valence-electron chi connectivity index (χ1n) is 5.85. The van der Waals surface area contributed by atoms with Crippen molar-refractivity contribution >= 4 is 29.3 Å². The topological polar surface area (TPSA) is 68.1 Å². The molecule has 110 valence electrons. The van der Waals surface area contributed by atoms with Crippen LogP contribution in [0.3, 0.4) is 0 Å². The fraction of sp³-hybridized carbons (Fsp3) is 0.308. The summed E-state index contributed by atoms with van der Waals surface area (Å²) in [5.74, 6) is -5.37. The number of hydrogen-bond donors (Lipinski definition) is 2. The number of hydrogen-bond acceptors (Lipinski definition) is 3. The van der Waals surface area contributed by atoms with Crippen LogP contribution in [0.1, 0.15) is 18.5 Å². The molecule has 20 heavy (non-hydrogen) atoms.